The summed E-state index contributed by atoms with van der Waals surface area (Å²) in [7, 11) is -0.0465. The van der Waals surface area contributed by atoms with E-state index in [2.05, 4.69) is 27.9 Å². The molecule has 0 aromatic rings. The molecule has 0 saturated heterocycles. The van der Waals surface area contributed by atoms with Crippen LogP contribution in [0, 0.1) is 0 Å². The van der Waals surface area contributed by atoms with E-state index in [1.54, 1.807) is 0 Å². The van der Waals surface area contributed by atoms with Gasteiger partial charge in [-0.2, -0.15) is 0 Å². The summed E-state index contributed by atoms with van der Waals surface area (Å²) in [4.78, 5) is 22.9. The third kappa shape index (κ3) is 31.8. The first kappa shape index (κ1) is 28.3. The van der Waals surface area contributed by atoms with Crippen molar-refractivity contribution in [3.8, 4) is 0 Å². The van der Waals surface area contributed by atoms with Gasteiger partial charge < -0.3 is 19.2 Å². The molecule has 0 atom stereocenters. The molecule has 0 aliphatic carbocycles. The fourth-order valence-corrected chi connectivity index (χ4v) is 3.11. The van der Waals surface area contributed by atoms with Gasteiger partial charge in [0, 0.05) is 0 Å². The molecule has 0 aliphatic rings. The minimum atomic E-state index is -4.89. The van der Waals surface area contributed by atoms with Gasteiger partial charge in [-0.1, -0.05) is 78.1 Å². The number of unbranched alkanes of at least 4 members (excludes halogenated alkanes) is 12. The van der Waals surface area contributed by atoms with E-state index < -0.39 is 7.82 Å². The fourth-order valence-electron chi connectivity index (χ4n) is 3.11. The van der Waals surface area contributed by atoms with Gasteiger partial charge in [0.15, 0.2) is 0 Å². The van der Waals surface area contributed by atoms with Crippen LogP contribution in [0.1, 0.15) is 104 Å². The highest BCUT2D eigenvalue weighted by Gasteiger charge is 2.13. The van der Waals surface area contributed by atoms with Crippen molar-refractivity contribution in [1.82, 2.24) is 0 Å². The lowest BCUT2D eigenvalue weighted by atomic mass is 10.1. The van der Waals surface area contributed by atoms with Crippen LogP contribution < -0.4 is 4.89 Å². The van der Waals surface area contributed by atoms with Crippen molar-refractivity contribution in [2.75, 3.05) is 27.2 Å². The van der Waals surface area contributed by atoms with Gasteiger partial charge in [-0.25, -0.2) is 0 Å². The van der Waals surface area contributed by atoms with Crippen molar-refractivity contribution in [2.24, 2.45) is 0 Å². The normalized spacial score (nSPS) is 12.0. The molecule has 0 aromatic heterocycles. The van der Waals surface area contributed by atoms with E-state index in [0.717, 1.165) is 0 Å². The Hall–Kier alpha value is 0.0700. The van der Waals surface area contributed by atoms with E-state index in [0.29, 0.717) is 0 Å². The number of rotatable bonds is 16. The maximum Gasteiger partial charge on any atom is 0.262 e. The minimum Gasteiger partial charge on any atom is -0.756 e. The molecule has 0 amide bonds. The maximum absolute atomic E-state index is 8.77. The van der Waals surface area contributed by atoms with E-state index in [9.17, 15) is 0 Å². The monoisotopic (exact) mass is 395 g/mol. The summed E-state index contributed by atoms with van der Waals surface area (Å²) in [5.41, 5.74) is 0. The number of phosphoric acid groups is 1. The highest BCUT2D eigenvalue weighted by Crippen LogP contribution is 2.19. The van der Waals surface area contributed by atoms with Crippen LogP contribution in [0.15, 0.2) is 0 Å². The summed E-state index contributed by atoms with van der Waals surface area (Å²) >= 11 is 0. The van der Waals surface area contributed by atoms with Crippen molar-refractivity contribution in [1.29, 1.82) is 0 Å². The zero-order valence-corrected chi connectivity index (χ0v) is 18.8. The fraction of sp³-hybridized carbons (Fsp3) is 1.00. The predicted octanol–water partition coefficient (Wildman–Crippen LogP) is 5.00. The average Bonchev–Trinajstić information content (AvgIpc) is 2.51. The molecular weight excluding hydrogens is 349 g/mol. The molecule has 0 heterocycles. The van der Waals surface area contributed by atoms with Crippen LogP contribution >= 0.6 is 7.82 Å². The molecular formula is C20H46NO4P. The summed E-state index contributed by atoms with van der Waals surface area (Å²) in [5, 5.41) is 0. The van der Waals surface area contributed by atoms with Crippen molar-refractivity contribution in [3.63, 3.8) is 0 Å². The SMILES string of the molecule is CCCCCCCCCCC[N+](C)(C)CCCCCCC.O=P([O-])(O)O. The second-order valence-electron chi connectivity index (χ2n) is 8.12. The molecule has 0 saturated carbocycles. The predicted molar refractivity (Wildman–Crippen MR) is 110 cm³/mol. The Morgan fingerprint density at radius 2 is 0.885 bits per heavy atom. The molecule has 0 unspecified atom stereocenters. The Morgan fingerprint density at radius 3 is 1.15 bits per heavy atom. The first-order chi connectivity index (χ1) is 12.1. The van der Waals surface area contributed by atoms with Crippen LogP contribution in [0.5, 0.6) is 0 Å². The molecule has 5 nitrogen and oxygen atoms in total. The van der Waals surface area contributed by atoms with Gasteiger partial charge in [-0.15, -0.1) is 0 Å². The van der Waals surface area contributed by atoms with Gasteiger partial charge in [0.25, 0.3) is 7.82 Å². The highest BCUT2D eigenvalue weighted by molar-refractivity contribution is 7.43. The number of hydrogen-bond acceptors (Lipinski definition) is 2. The van der Waals surface area contributed by atoms with Crippen LogP contribution in [0.2, 0.25) is 0 Å². The molecule has 0 aliphatic heterocycles. The van der Waals surface area contributed by atoms with E-state index in [1.807, 2.05) is 0 Å². The van der Waals surface area contributed by atoms with Gasteiger partial charge in [0.05, 0.1) is 27.2 Å². The maximum atomic E-state index is 8.77. The van der Waals surface area contributed by atoms with Crippen LogP contribution in [-0.4, -0.2) is 41.5 Å². The van der Waals surface area contributed by atoms with Gasteiger partial charge in [0.2, 0.25) is 0 Å². The Labute approximate surface area is 163 Å². The van der Waals surface area contributed by atoms with Crippen molar-refractivity contribution >= 4 is 7.82 Å². The zero-order valence-electron chi connectivity index (χ0n) is 17.9. The molecule has 160 valence electrons. The second-order valence-corrected chi connectivity index (χ2v) is 9.10. The molecule has 0 rings (SSSR count). The molecule has 0 bridgehead atoms. The molecule has 6 heteroatoms. The summed E-state index contributed by atoms with van der Waals surface area (Å²) in [6.07, 6.45) is 20.1. The van der Waals surface area contributed by atoms with Gasteiger partial charge in [-0.05, 0) is 25.7 Å². The molecule has 0 aromatic carbocycles. The molecule has 0 fully saturated rings. The molecule has 0 radical (unpaired) electrons. The van der Waals surface area contributed by atoms with Crippen LogP contribution in [0.25, 0.3) is 0 Å². The van der Waals surface area contributed by atoms with E-state index in [4.69, 9.17) is 19.2 Å². The topological polar surface area (TPSA) is 80.6 Å². The third-order valence-corrected chi connectivity index (χ3v) is 4.73. The number of hydrogen-bond donors (Lipinski definition) is 2. The zero-order chi connectivity index (χ0) is 20.3. The Bertz CT molecular complexity index is 324. The summed E-state index contributed by atoms with van der Waals surface area (Å²) in [6.45, 7) is 7.35. The first-order valence-electron chi connectivity index (χ1n) is 10.7. The largest absolute Gasteiger partial charge is 0.756 e. The Balaban J connectivity index is 0. The number of nitrogens with zero attached hydrogens (tertiary/aromatic N) is 1. The molecule has 0 spiro atoms. The molecule has 26 heavy (non-hydrogen) atoms. The first-order valence-corrected chi connectivity index (χ1v) is 12.2. The molecule has 2 N–H and O–H groups in total. The summed E-state index contributed by atoms with van der Waals surface area (Å²) < 4.78 is 10.0. The average molecular weight is 396 g/mol. The number of quaternary nitrogens is 1. The third-order valence-electron chi connectivity index (χ3n) is 4.73. The van der Waals surface area contributed by atoms with Crippen LogP contribution in [0.3, 0.4) is 0 Å². The Kier molecular flexibility index (Phi) is 20.1. The van der Waals surface area contributed by atoms with Crippen molar-refractivity contribution in [2.45, 2.75) is 104 Å². The van der Waals surface area contributed by atoms with Crippen LogP contribution in [-0.2, 0) is 4.57 Å². The van der Waals surface area contributed by atoms with Crippen LogP contribution in [0.4, 0.5) is 0 Å². The summed E-state index contributed by atoms with van der Waals surface area (Å²) in [5.74, 6) is 0. The van der Waals surface area contributed by atoms with Crippen molar-refractivity contribution < 1.29 is 23.7 Å². The van der Waals surface area contributed by atoms with E-state index in [-0.39, 0.29) is 0 Å². The standard InChI is InChI=1S/C20H44N.H3O4P/c1-5-7-9-11-12-13-14-16-18-20-21(3,4)19-17-15-10-8-6-2;1-5(2,3)4/h5-20H2,1-4H3;(H3,1,2,3,4)/q+1;/p-1. The smallest absolute Gasteiger partial charge is 0.262 e. The lowest BCUT2D eigenvalue weighted by Gasteiger charge is -2.30. The van der Waals surface area contributed by atoms with Gasteiger partial charge >= 0.3 is 0 Å². The lowest BCUT2D eigenvalue weighted by molar-refractivity contribution is -0.890. The van der Waals surface area contributed by atoms with Crippen molar-refractivity contribution in [3.05, 3.63) is 0 Å². The highest BCUT2D eigenvalue weighted by atomic mass is 31.2. The quantitative estimate of drug-likeness (QED) is 0.219. The minimum absolute atomic E-state index is 1.24. The Morgan fingerprint density at radius 1 is 0.654 bits per heavy atom. The van der Waals surface area contributed by atoms with E-state index >= 15 is 0 Å². The lowest BCUT2D eigenvalue weighted by Crippen LogP contribution is -2.41. The van der Waals surface area contributed by atoms with E-state index in [1.165, 1.54) is 107 Å². The second kappa shape index (κ2) is 18.4. The van der Waals surface area contributed by atoms with Gasteiger partial charge in [0.1, 0.15) is 0 Å². The van der Waals surface area contributed by atoms with Gasteiger partial charge in [-0.3, -0.25) is 4.57 Å². The summed E-state index contributed by atoms with van der Waals surface area (Å²) in [6, 6.07) is 0.